The van der Waals surface area contributed by atoms with Crippen LogP contribution in [-0.2, 0) is 6.42 Å². The zero-order valence-corrected chi connectivity index (χ0v) is 18.5. The summed E-state index contributed by atoms with van der Waals surface area (Å²) in [5.41, 5.74) is 4.26. The van der Waals surface area contributed by atoms with Gasteiger partial charge in [-0.3, -0.25) is 4.98 Å². The molecule has 160 valence electrons. The first kappa shape index (κ1) is 22.2. The quantitative estimate of drug-likeness (QED) is 0.577. The molecule has 1 aromatic heterocycles. The smallest absolute Gasteiger partial charge is 0.141 e. The molecule has 0 fully saturated rings. The van der Waals surface area contributed by atoms with E-state index in [-0.39, 0.29) is 5.82 Å². The first-order valence-electron chi connectivity index (χ1n) is 10.8. The average molecular weight is 409 g/mol. The molecule has 1 aromatic carbocycles. The molecule has 0 saturated carbocycles. The van der Waals surface area contributed by atoms with Crippen LogP contribution in [-0.4, -0.2) is 15.7 Å². The van der Waals surface area contributed by atoms with Gasteiger partial charge in [-0.1, -0.05) is 63.1 Å². The largest absolute Gasteiger partial charge is 0.384 e. The maximum Gasteiger partial charge on any atom is 0.141 e. The van der Waals surface area contributed by atoms with Crippen molar-refractivity contribution in [1.29, 1.82) is 0 Å². The predicted molar refractivity (Wildman–Crippen MR) is 121 cm³/mol. The highest BCUT2D eigenvalue weighted by atomic mass is 19.1. The molecule has 0 radical (unpaired) electrons. The molecule has 30 heavy (non-hydrogen) atoms. The molecule has 0 saturated heterocycles. The van der Waals surface area contributed by atoms with E-state index in [9.17, 15) is 9.50 Å². The summed E-state index contributed by atoms with van der Waals surface area (Å²) in [5.74, 6) is -0.342. The van der Waals surface area contributed by atoms with E-state index in [1.165, 1.54) is 17.8 Å². The van der Waals surface area contributed by atoms with Gasteiger partial charge in [0.15, 0.2) is 0 Å². The SMILES string of the molecule is CCC(C)(C)CC1=CNC(C(C)(O)Cc2ccc(-c3ccc(F)cn3)cc2)=CCC1. The molecule has 0 spiro atoms. The molecule has 3 rings (SSSR count). The van der Waals surface area contributed by atoms with Crippen molar-refractivity contribution in [3.63, 3.8) is 0 Å². The van der Waals surface area contributed by atoms with Crippen LogP contribution in [0, 0.1) is 11.2 Å². The second-order valence-corrected chi connectivity index (χ2v) is 9.31. The van der Waals surface area contributed by atoms with Crippen LogP contribution in [0.5, 0.6) is 0 Å². The Morgan fingerprint density at radius 2 is 1.80 bits per heavy atom. The second-order valence-electron chi connectivity index (χ2n) is 9.31. The number of benzene rings is 1. The van der Waals surface area contributed by atoms with E-state index in [2.05, 4.69) is 43.3 Å². The molecular weight excluding hydrogens is 375 g/mol. The number of hydrogen-bond donors (Lipinski definition) is 2. The van der Waals surface area contributed by atoms with Crippen LogP contribution < -0.4 is 5.32 Å². The van der Waals surface area contributed by atoms with Crippen molar-refractivity contribution in [2.75, 3.05) is 0 Å². The van der Waals surface area contributed by atoms with E-state index >= 15 is 0 Å². The van der Waals surface area contributed by atoms with Crippen LogP contribution in [0.1, 0.15) is 58.9 Å². The molecule has 1 atom stereocenters. The highest BCUT2D eigenvalue weighted by Gasteiger charge is 2.27. The zero-order chi connectivity index (χ0) is 21.8. The summed E-state index contributed by atoms with van der Waals surface area (Å²) in [6.07, 6.45) is 10.1. The van der Waals surface area contributed by atoms with Gasteiger partial charge in [-0.05, 0) is 49.3 Å². The van der Waals surface area contributed by atoms with Gasteiger partial charge in [0.25, 0.3) is 0 Å². The minimum absolute atomic E-state index is 0.293. The minimum Gasteiger partial charge on any atom is -0.384 e. The van der Waals surface area contributed by atoms with Gasteiger partial charge in [0.05, 0.1) is 11.9 Å². The number of nitrogens with one attached hydrogen (secondary N) is 1. The third kappa shape index (κ3) is 5.79. The first-order valence-corrected chi connectivity index (χ1v) is 10.8. The fraction of sp³-hybridized carbons (Fsp3) is 0.423. The zero-order valence-electron chi connectivity index (χ0n) is 18.5. The molecule has 2 aromatic rings. The predicted octanol–water partition coefficient (Wildman–Crippen LogP) is 6.16. The van der Waals surface area contributed by atoms with Gasteiger partial charge in [0.1, 0.15) is 11.4 Å². The van der Waals surface area contributed by atoms with Crippen molar-refractivity contribution in [1.82, 2.24) is 10.3 Å². The summed E-state index contributed by atoms with van der Waals surface area (Å²) in [6, 6.07) is 11.0. The lowest BCUT2D eigenvalue weighted by Gasteiger charge is -2.27. The van der Waals surface area contributed by atoms with Crippen LogP contribution in [0.3, 0.4) is 0 Å². The highest BCUT2D eigenvalue weighted by Crippen LogP contribution is 2.32. The van der Waals surface area contributed by atoms with Crippen molar-refractivity contribution < 1.29 is 9.50 Å². The van der Waals surface area contributed by atoms with E-state index in [1.807, 2.05) is 31.2 Å². The Morgan fingerprint density at radius 3 is 2.43 bits per heavy atom. The number of aliphatic hydroxyl groups is 1. The van der Waals surface area contributed by atoms with Crippen molar-refractivity contribution in [2.24, 2.45) is 5.41 Å². The summed E-state index contributed by atoms with van der Waals surface area (Å²) >= 11 is 0. The summed E-state index contributed by atoms with van der Waals surface area (Å²) < 4.78 is 13.1. The Hall–Kier alpha value is -2.46. The number of rotatable bonds is 7. The fourth-order valence-corrected chi connectivity index (χ4v) is 3.80. The van der Waals surface area contributed by atoms with Gasteiger partial charge in [-0.15, -0.1) is 0 Å². The topological polar surface area (TPSA) is 45.1 Å². The lowest BCUT2D eigenvalue weighted by Crippen LogP contribution is -2.35. The van der Waals surface area contributed by atoms with Gasteiger partial charge >= 0.3 is 0 Å². The third-order valence-corrected chi connectivity index (χ3v) is 6.01. The van der Waals surface area contributed by atoms with Crippen molar-refractivity contribution in [2.45, 2.75) is 65.4 Å². The molecule has 1 aliphatic rings. The fourth-order valence-electron chi connectivity index (χ4n) is 3.80. The van der Waals surface area contributed by atoms with Gasteiger partial charge in [0.2, 0.25) is 0 Å². The van der Waals surface area contributed by atoms with Crippen LogP contribution in [0.4, 0.5) is 4.39 Å². The Bertz CT molecular complexity index is 909. The Balaban J connectivity index is 1.67. The molecular formula is C26H33FN2O. The highest BCUT2D eigenvalue weighted by molar-refractivity contribution is 5.59. The molecule has 1 aliphatic heterocycles. The molecule has 3 nitrogen and oxygen atoms in total. The summed E-state index contributed by atoms with van der Waals surface area (Å²) in [4.78, 5) is 4.13. The van der Waals surface area contributed by atoms with Gasteiger partial charge in [-0.2, -0.15) is 0 Å². The number of nitrogens with zero attached hydrogens (tertiary/aromatic N) is 1. The summed E-state index contributed by atoms with van der Waals surface area (Å²) in [7, 11) is 0. The van der Waals surface area contributed by atoms with Crippen molar-refractivity contribution in [3.8, 4) is 11.3 Å². The second kappa shape index (κ2) is 9.13. The van der Waals surface area contributed by atoms with Crippen molar-refractivity contribution in [3.05, 3.63) is 77.5 Å². The summed E-state index contributed by atoms with van der Waals surface area (Å²) in [5, 5.41) is 14.6. The molecule has 2 heterocycles. The monoisotopic (exact) mass is 408 g/mol. The van der Waals surface area contributed by atoms with Crippen LogP contribution in [0.15, 0.2) is 66.1 Å². The molecule has 1 unspecified atom stereocenters. The molecule has 0 aliphatic carbocycles. The van der Waals surface area contributed by atoms with Gasteiger partial charge in [0, 0.05) is 23.9 Å². The van der Waals surface area contributed by atoms with Crippen molar-refractivity contribution >= 4 is 0 Å². The minimum atomic E-state index is -0.984. The lowest BCUT2D eigenvalue weighted by atomic mass is 9.82. The lowest BCUT2D eigenvalue weighted by molar-refractivity contribution is 0.0932. The third-order valence-electron chi connectivity index (χ3n) is 6.01. The van der Waals surface area contributed by atoms with E-state index in [0.717, 1.165) is 48.2 Å². The number of hydrogen-bond acceptors (Lipinski definition) is 3. The standard InChI is InChI=1S/C26H33FN2O/c1-5-25(2,3)15-20-7-6-8-24(29-17-20)26(4,30)16-19-9-11-21(12-10-19)23-14-13-22(27)18-28-23/h8-14,17-18,29-30H,5-7,15-16H2,1-4H3. The van der Waals surface area contributed by atoms with E-state index in [0.29, 0.717) is 11.8 Å². The normalized spacial score (nSPS) is 16.7. The maximum absolute atomic E-state index is 13.1. The van der Waals surface area contributed by atoms with Gasteiger partial charge < -0.3 is 10.4 Å². The summed E-state index contributed by atoms with van der Waals surface area (Å²) in [6.45, 7) is 8.69. The van der Waals surface area contributed by atoms with E-state index in [4.69, 9.17) is 0 Å². The molecule has 0 amide bonds. The number of pyridine rings is 1. The Morgan fingerprint density at radius 1 is 1.07 bits per heavy atom. The molecule has 0 bridgehead atoms. The molecule has 2 N–H and O–H groups in total. The maximum atomic E-state index is 13.1. The van der Waals surface area contributed by atoms with E-state index < -0.39 is 5.60 Å². The van der Waals surface area contributed by atoms with E-state index in [1.54, 1.807) is 6.07 Å². The number of halogens is 1. The Kier molecular flexibility index (Phi) is 6.77. The van der Waals surface area contributed by atoms with Crippen LogP contribution in [0.25, 0.3) is 11.3 Å². The van der Waals surface area contributed by atoms with Crippen LogP contribution in [0.2, 0.25) is 0 Å². The first-order chi connectivity index (χ1) is 14.2. The number of allylic oxidation sites excluding steroid dienone is 2. The Labute approximate surface area is 179 Å². The molecule has 4 heteroatoms. The number of aromatic nitrogens is 1. The van der Waals surface area contributed by atoms with Crippen LogP contribution >= 0.6 is 0 Å². The average Bonchev–Trinajstić information content (AvgIpc) is 2.95. The van der Waals surface area contributed by atoms with Gasteiger partial charge in [-0.25, -0.2) is 4.39 Å².